The van der Waals surface area contributed by atoms with E-state index in [4.69, 9.17) is 4.74 Å². The maximum atomic E-state index is 5.43. The third-order valence-corrected chi connectivity index (χ3v) is 4.41. The minimum Gasteiger partial charge on any atom is -0.379 e. The van der Waals surface area contributed by atoms with Crippen LogP contribution in [0, 0.1) is 0 Å². The highest BCUT2D eigenvalue weighted by Crippen LogP contribution is 2.24. The molecule has 2 heterocycles. The van der Waals surface area contributed by atoms with E-state index in [1.54, 1.807) is 0 Å². The Balaban J connectivity index is 1.71. The summed E-state index contributed by atoms with van der Waals surface area (Å²) in [6.07, 6.45) is 4.06. The van der Waals surface area contributed by atoms with Crippen molar-refractivity contribution in [3.8, 4) is 11.3 Å². The first-order valence-corrected chi connectivity index (χ1v) is 8.24. The van der Waals surface area contributed by atoms with Crippen LogP contribution in [-0.4, -0.2) is 41.2 Å². The highest BCUT2D eigenvalue weighted by molar-refractivity contribution is 5.59. The maximum Gasteiger partial charge on any atom is 0.106 e. The molecule has 1 atom stereocenters. The van der Waals surface area contributed by atoms with Crippen molar-refractivity contribution in [1.29, 1.82) is 0 Å². The average molecular weight is 299 g/mol. The normalized spacial score (nSPS) is 17.5. The predicted molar refractivity (Wildman–Crippen MR) is 88.8 cm³/mol. The Morgan fingerprint density at radius 1 is 1.23 bits per heavy atom. The molecule has 0 spiro atoms. The molecule has 0 saturated carbocycles. The summed E-state index contributed by atoms with van der Waals surface area (Å²) < 4.78 is 5.43. The van der Waals surface area contributed by atoms with Crippen molar-refractivity contribution >= 4 is 0 Å². The molecule has 4 heteroatoms. The quantitative estimate of drug-likeness (QED) is 0.919. The van der Waals surface area contributed by atoms with Gasteiger partial charge in [-0.3, -0.25) is 4.90 Å². The summed E-state index contributed by atoms with van der Waals surface area (Å²) in [7, 11) is 0. The second-order valence-electron chi connectivity index (χ2n) is 5.94. The van der Waals surface area contributed by atoms with Crippen LogP contribution in [0.1, 0.15) is 37.7 Å². The number of ether oxygens (including phenoxy) is 1. The minimum atomic E-state index is 0.440. The molecule has 1 fully saturated rings. The number of benzene rings is 1. The Bertz CT molecular complexity index is 585. The number of aromatic amines is 1. The lowest BCUT2D eigenvalue weighted by molar-refractivity contribution is 0.0198. The molecule has 0 bridgehead atoms. The molecule has 118 valence electrons. The van der Waals surface area contributed by atoms with Gasteiger partial charge in [-0.1, -0.05) is 31.2 Å². The molecule has 0 unspecified atom stereocenters. The first-order chi connectivity index (χ1) is 10.8. The molecule has 1 saturated heterocycles. The van der Waals surface area contributed by atoms with E-state index in [-0.39, 0.29) is 0 Å². The lowest BCUT2D eigenvalue weighted by Gasteiger charge is -2.32. The molecule has 1 aromatic carbocycles. The molecule has 4 nitrogen and oxygen atoms in total. The van der Waals surface area contributed by atoms with Crippen molar-refractivity contribution in [2.24, 2.45) is 0 Å². The van der Waals surface area contributed by atoms with Crippen LogP contribution >= 0.6 is 0 Å². The molecule has 0 radical (unpaired) electrons. The molecular weight excluding hydrogens is 274 g/mol. The second kappa shape index (κ2) is 7.07. The van der Waals surface area contributed by atoms with E-state index in [1.807, 2.05) is 6.20 Å². The van der Waals surface area contributed by atoms with Crippen LogP contribution < -0.4 is 0 Å². The van der Waals surface area contributed by atoms with Gasteiger partial charge in [-0.25, -0.2) is 4.98 Å². The number of aromatic nitrogens is 2. The van der Waals surface area contributed by atoms with Crippen LogP contribution in [0.3, 0.4) is 0 Å². The van der Waals surface area contributed by atoms with Crippen molar-refractivity contribution in [2.75, 3.05) is 26.3 Å². The van der Waals surface area contributed by atoms with E-state index in [9.17, 15) is 0 Å². The fourth-order valence-electron chi connectivity index (χ4n) is 2.99. The van der Waals surface area contributed by atoms with E-state index in [0.717, 1.165) is 50.7 Å². The van der Waals surface area contributed by atoms with Crippen LogP contribution in [0.15, 0.2) is 30.5 Å². The summed E-state index contributed by atoms with van der Waals surface area (Å²) in [4.78, 5) is 10.3. The zero-order chi connectivity index (χ0) is 15.4. The predicted octanol–water partition coefficient (Wildman–Crippen LogP) is 3.42. The first kappa shape index (κ1) is 15.3. The van der Waals surface area contributed by atoms with E-state index in [2.05, 4.69) is 53.0 Å². The summed E-state index contributed by atoms with van der Waals surface area (Å²) in [5, 5.41) is 0. The van der Waals surface area contributed by atoms with Gasteiger partial charge in [-0.05, 0) is 24.5 Å². The van der Waals surface area contributed by atoms with Crippen LogP contribution in [0.2, 0.25) is 0 Å². The number of morpholine rings is 1. The van der Waals surface area contributed by atoms with Gasteiger partial charge in [0.1, 0.15) is 5.82 Å². The molecule has 3 rings (SSSR count). The Labute approximate surface area is 132 Å². The van der Waals surface area contributed by atoms with Crippen molar-refractivity contribution in [3.05, 3.63) is 41.9 Å². The summed E-state index contributed by atoms with van der Waals surface area (Å²) in [5.41, 5.74) is 3.67. The summed E-state index contributed by atoms with van der Waals surface area (Å²) >= 11 is 0. The first-order valence-electron chi connectivity index (χ1n) is 8.24. The van der Waals surface area contributed by atoms with Gasteiger partial charge in [0.2, 0.25) is 0 Å². The van der Waals surface area contributed by atoms with Gasteiger partial charge in [0.05, 0.1) is 25.1 Å². The standard InChI is InChI=1S/C18H25N3O/c1-3-4-18-19-13-17(20-18)16-7-5-15(6-8-16)14(2)21-9-11-22-12-10-21/h5-8,13-14H,3-4,9-12H2,1-2H3,(H,19,20)/t14-/m1/s1. The maximum absolute atomic E-state index is 5.43. The Hall–Kier alpha value is -1.65. The van der Waals surface area contributed by atoms with Crippen LogP contribution in [0.25, 0.3) is 11.3 Å². The molecule has 1 aliphatic heterocycles. The number of imidazole rings is 1. The fourth-order valence-corrected chi connectivity index (χ4v) is 2.99. The van der Waals surface area contributed by atoms with E-state index < -0.39 is 0 Å². The molecule has 1 N–H and O–H groups in total. The van der Waals surface area contributed by atoms with Crippen molar-refractivity contribution in [2.45, 2.75) is 32.7 Å². The second-order valence-corrected chi connectivity index (χ2v) is 5.94. The molecule has 0 amide bonds. The van der Waals surface area contributed by atoms with Crippen molar-refractivity contribution in [3.63, 3.8) is 0 Å². The number of nitrogens with zero attached hydrogens (tertiary/aromatic N) is 2. The number of hydrogen-bond acceptors (Lipinski definition) is 3. The van der Waals surface area contributed by atoms with Gasteiger partial charge in [-0.15, -0.1) is 0 Å². The number of H-pyrrole nitrogens is 1. The summed E-state index contributed by atoms with van der Waals surface area (Å²) in [6, 6.07) is 9.28. The Morgan fingerprint density at radius 3 is 2.64 bits per heavy atom. The largest absolute Gasteiger partial charge is 0.379 e. The third kappa shape index (κ3) is 3.39. The number of nitrogens with one attached hydrogen (secondary N) is 1. The fraction of sp³-hybridized carbons (Fsp3) is 0.500. The molecule has 22 heavy (non-hydrogen) atoms. The number of aryl methyl sites for hydroxylation is 1. The monoisotopic (exact) mass is 299 g/mol. The number of hydrogen-bond donors (Lipinski definition) is 1. The average Bonchev–Trinajstić information content (AvgIpc) is 3.04. The van der Waals surface area contributed by atoms with Gasteiger partial charge in [0.15, 0.2) is 0 Å². The Kier molecular flexibility index (Phi) is 4.90. The lowest BCUT2D eigenvalue weighted by Crippen LogP contribution is -2.37. The van der Waals surface area contributed by atoms with Crippen molar-refractivity contribution in [1.82, 2.24) is 14.9 Å². The van der Waals surface area contributed by atoms with Gasteiger partial charge >= 0.3 is 0 Å². The van der Waals surface area contributed by atoms with Crippen LogP contribution in [0.5, 0.6) is 0 Å². The van der Waals surface area contributed by atoms with Crippen LogP contribution in [-0.2, 0) is 11.2 Å². The molecular formula is C18H25N3O. The zero-order valence-corrected chi connectivity index (χ0v) is 13.5. The van der Waals surface area contributed by atoms with E-state index in [1.165, 1.54) is 11.1 Å². The van der Waals surface area contributed by atoms with Crippen molar-refractivity contribution < 1.29 is 4.74 Å². The topological polar surface area (TPSA) is 41.2 Å². The molecule has 1 aromatic heterocycles. The van der Waals surface area contributed by atoms with Crippen LogP contribution in [0.4, 0.5) is 0 Å². The van der Waals surface area contributed by atoms with Gasteiger partial charge in [-0.2, -0.15) is 0 Å². The van der Waals surface area contributed by atoms with Gasteiger partial charge < -0.3 is 9.72 Å². The number of rotatable bonds is 5. The Morgan fingerprint density at radius 2 is 1.95 bits per heavy atom. The smallest absolute Gasteiger partial charge is 0.106 e. The van der Waals surface area contributed by atoms with Gasteiger partial charge in [0.25, 0.3) is 0 Å². The SMILES string of the molecule is CCCc1ncc(-c2ccc([C@@H](C)N3CCOCC3)cc2)[nH]1. The lowest BCUT2D eigenvalue weighted by atomic mass is 10.0. The molecule has 0 aliphatic carbocycles. The molecule has 2 aromatic rings. The third-order valence-electron chi connectivity index (χ3n) is 4.41. The highest BCUT2D eigenvalue weighted by Gasteiger charge is 2.18. The molecule has 1 aliphatic rings. The summed E-state index contributed by atoms with van der Waals surface area (Å²) in [6.45, 7) is 8.17. The highest BCUT2D eigenvalue weighted by atomic mass is 16.5. The van der Waals surface area contributed by atoms with Gasteiger partial charge in [0, 0.05) is 25.6 Å². The minimum absolute atomic E-state index is 0.440. The van der Waals surface area contributed by atoms with E-state index >= 15 is 0 Å². The summed E-state index contributed by atoms with van der Waals surface area (Å²) in [5.74, 6) is 1.07. The van der Waals surface area contributed by atoms with E-state index in [0.29, 0.717) is 6.04 Å². The zero-order valence-electron chi connectivity index (χ0n) is 13.5.